The van der Waals surface area contributed by atoms with E-state index in [1.807, 2.05) is 25.2 Å². The third kappa shape index (κ3) is 4.82. The van der Waals surface area contributed by atoms with Crippen LogP contribution in [0, 0.1) is 0 Å². The van der Waals surface area contributed by atoms with Crippen molar-refractivity contribution in [2.24, 2.45) is 5.73 Å². The molecule has 2 aromatic carbocycles. The summed E-state index contributed by atoms with van der Waals surface area (Å²) in [5.41, 5.74) is 12.9. The van der Waals surface area contributed by atoms with Crippen molar-refractivity contribution in [1.29, 1.82) is 0 Å². The summed E-state index contributed by atoms with van der Waals surface area (Å²) in [6.45, 7) is 6.12. The lowest BCUT2D eigenvalue weighted by atomic mass is 9.72. The van der Waals surface area contributed by atoms with Crippen LogP contribution in [0.5, 0.6) is 0 Å². The highest BCUT2D eigenvalue weighted by molar-refractivity contribution is 5.85. The van der Waals surface area contributed by atoms with Gasteiger partial charge in [0.1, 0.15) is 11.3 Å². The smallest absolute Gasteiger partial charge is 0.180 e. The van der Waals surface area contributed by atoms with Crippen LogP contribution in [0.1, 0.15) is 24.8 Å². The fourth-order valence-electron chi connectivity index (χ4n) is 5.38. The van der Waals surface area contributed by atoms with Gasteiger partial charge in [0.2, 0.25) is 0 Å². The Morgan fingerprint density at radius 3 is 2.19 bits per heavy atom. The molecule has 7 heteroatoms. The normalized spacial score (nSPS) is 17.6. The number of rotatable bonds is 7. The number of hydrogen-bond donors (Lipinski definition) is 2. The molecule has 3 N–H and O–H groups in total. The molecule has 0 bridgehead atoms. The molecule has 6 rings (SSSR count). The molecule has 1 saturated carbocycles. The van der Waals surface area contributed by atoms with Gasteiger partial charge in [0.05, 0.1) is 11.4 Å². The van der Waals surface area contributed by atoms with Crippen LogP contribution in [0.25, 0.3) is 33.7 Å². The van der Waals surface area contributed by atoms with Gasteiger partial charge in [0.15, 0.2) is 5.65 Å². The second-order valence-corrected chi connectivity index (χ2v) is 10.3. The summed E-state index contributed by atoms with van der Waals surface area (Å²) in [6, 6.07) is 23.0. The van der Waals surface area contributed by atoms with Crippen LogP contribution in [-0.2, 0) is 5.54 Å². The zero-order chi connectivity index (χ0) is 25.2. The van der Waals surface area contributed by atoms with E-state index in [1.165, 1.54) is 12.0 Å². The Bertz CT molecular complexity index is 1360. The summed E-state index contributed by atoms with van der Waals surface area (Å²) in [6.07, 6.45) is 3.31. The van der Waals surface area contributed by atoms with Crippen LogP contribution >= 0.6 is 0 Å². The van der Waals surface area contributed by atoms with E-state index in [1.54, 1.807) is 0 Å². The largest absolute Gasteiger partial charge is 0.354 e. The van der Waals surface area contributed by atoms with Crippen LogP contribution in [0.3, 0.4) is 0 Å². The molecule has 2 aromatic heterocycles. The minimum atomic E-state index is -0.172. The van der Waals surface area contributed by atoms with Crippen LogP contribution in [0.4, 0.5) is 5.82 Å². The summed E-state index contributed by atoms with van der Waals surface area (Å²) in [5.74, 6) is 0.972. The molecule has 0 unspecified atom stereocenters. The number of pyridine rings is 1. The first kappa shape index (κ1) is 24.0. The molecule has 4 aromatic rings. The van der Waals surface area contributed by atoms with Crippen molar-refractivity contribution in [1.82, 2.24) is 25.2 Å². The molecule has 2 fully saturated rings. The van der Waals surface area contributed by atoms with Crippen molar-refractivity contribution in [3.8, 4) is 22.5 Å². The number of hydrogen-bond acceptors (Lipinski definition) is 7. The summed E-state index contributed by atoms with van der Waals surface area (Å²) < 4.78 is 0. The fraction of sp³-hybridized carbons (Fsp3) is 0.367. The molecule has 2 aliphatic rings. The average Bonchev–Trinajstić information content (AvgIpc) is 2.94. The zero-order valence-electron chi connectivity index (χ0n) is 21.5. The van der Waals surface area contributed by atoms with Gasteiger partial charge in [-0.15, -0.1) is 0 Å². The minimum Gasteiger partial charge on any atom is -0.354 e. The van der Waals surface area contributed by atoms with Crippen molar-refractivity contribution in [3.05, 3.63) is 72.3 Å². The lowest BCUT2D eigenvalue weighted by Gasteiger charge is -2.38. The number of likely N-dealkylation sites (N-methyl/N-ethyl adjacent to an activating group) is 1. The maximum Gasteiger partial charge on any atom is 0.180 e. The monoisotopic (exact) mass is 493 g/mol. The fourth-order valence-corrected chi connectivity index (χ4v) is 5.38. The van der Waals surface area contributed by atoms with Gasteiger partial charge < -0.3 is 16.0 Å². The zero-order valence-corrected chi connectivity index (χ0v) is 21.5. The van der Waals surface area contributed by atoms with Gasteiger partial charge in [0.25, 0.3) is 0 Å². The van der Waals surface area contributed by atoms with E-state index >= 15 is 0 Å². The minimum absolute atomic E-state index is 0.172. The predicted molar refractivity (Wildman–Crippen MR) is 151 cm³/mol. The van der Waals surface area contributed by atoms with E-state index in [2.05, 4.69) is 63.6 Å². The first-order chi connectivity index (χ1) is 18.1. The van der Waals surface area contributed by atoms with Crippen molar-refractivity contribution in [2.75, 3.05) is 51.2 Å². The maximum atomic E-state index is 6.57. The highest BCUT2D eigenvalue weighted by Crippen LogP contribution is 2.39. The molecule has 1 saturated heterocycles. The highest BCUT2D eigenvalue weighted by Gasteiger charge is 2.34. The van der Waals surface area contributed by atoms with E-state index in [9.17, 15) is 0 Å². The lowest BCUT2D eigenvalue weighted by Crippen LogP contribution is -2.48. The third-order valence-corrected chi connectivity index (χ3v) is 7.91. The second kappa shape index (κ2) is 10.2. The average molecular weight is 494 g/mol. The lowest BCUT2D eigenvalue weighted by molar-refractivity contribution is 0.253. The number of anilines is 1. The molecule has 0 atom stereocenters. The molecule has 190 valence electrons. The summed E-state index contributed by atoms with van der Waals surface area (Å²) >= 11 is 0. The van der Waals surface area contributed by atoms with Gasteiger partial charge in [-0.3, -0.25) is 4.90 Å². The third-order valence-electron chi connectivity index (χ3n) is 7.91. The van der Waals surface area contributed by atoms with Crippen molar-refractivity contribution in [3.63, 3.8) is 0 Å². The molecule has 0 spiro atoms. The quantitative estimate of drug-likeness (QED) is 0.402. The number of nitrogens with zero attached hydrogens (tertiary/aromatic N) is 5. The number of aromatic nitrogens is 3. The second-order valence-electron chi connectivity index (χ2n) is 10.3. The SMILES string of the molecule is CNCCN1CCN(c2ccc3nc(-c4ccc(C5(N)CCC5)cc4)c(-c4ccccc4)nc3n2)CC1. The van der Waals surface area contributed by atoms with Crippen LogP contribution in [-0.4, -0.2) is 66.2 Å². The van der Waals surface area contributed by atoms with Crippen LogP contribution in [0.15, 0.2) is 66.7 Å². The van der Waals surface area contributed by atoms with Gasteiger partial charge in [-0.25, -0.2) is 15.0 Å². The molecule has 7 nitrogen and oxygen atoms in total. The van der Waals surface area contributed by atoms with Crippen molar-refractivity contribution >= 4 is 17.0 Å². The number of nitrogens with one attached hydrogen (secondary N) is 1. The Morgan fingerprint density at radius 1 is 0.811 bits per heavy atom. The summed E-state index contributed by atoms with van der Waals surface area (Å²) in [5, 5.41) is 3.24. The summed E-state index contributed by atoms with van der Waals surface area (Å²) in [4.78, 5) is 20.0. The first-order valence-electron chi connectivity index (χ1n) is 13.4. The van der Waals surface area contributed by atoms with Gasteiger partial charge in [-0.2, -0.15) is 0 Å². The molecule has 1 aliphatic carbocycles. The van der Waals surface area contributed by atoms with Crippen LogP contribution < -0.4 is 16.0 Å². The van der Waals surface area contributed by atoms with Crippen molar-refractivity contribution in [2.45, 2.75) is 24.8 Å². The summed E-state index contributed by atoms with van der Waals surface area (Å²) in [7, 11) is 2.00. The van der Waals surface area contributed by atoms with E-state index in [-0.39, 0.29) is 5.54 Å². The molecular formula is C30H35N7. The predicted octanol–water partition coefficient (Wildman–Crippen LogP) is 4.04. The Morgan fingerprint density at radius 2 is 1.51 bits per heavy atom. The first-order valence-corrected chi connectivity index (χ1v) is 13.4. The number of benzene rings is 2. The number of piperazine rings is 1. The molecular weight excluding hydrogens is 458 g/mol. The van der Waals surface area contributed by atoms with E-state index in [0.29, 0.717) is 5.65 Å². The molecule has 0 radical (unpaired) electrons. The Hall–Kier alpha value is -3.39. The van der Waals surface area contributed by atoms with Gasteiger partial charge in [-0.1, -0.05) is 54.6 Å². The van der Waals surface area contributed by atoms with E-state index in [0.717, 1.165) is 86.0 Å². The molecule has 0 amide bonds. The number of nitrogens with two attached hydrogens (primary N) is 1. The van der Waals surface area contributed by atoms with Crippen LogP contribution in [0.2, 0.25) is 0 Å². The topological polar surface area (TPSA) is 83.2 Å². The van der Waals surface area contributed by atoms with Gasteiger partial charge in [0, 0.05) is 55.9 Å². The van der Waals surface area contributed by atoms with E-state index < -0.39 is 0 Å². The number of fused-ring (bicyclic) bond motifs is 1. The van der Waals surface area contributed by atoms with Crippen molar-refractivity contribution < 1.29 is 0 Å². The van der Waals surface area contributed by atoms with Gasteiger partial charge >= 0.3 is 0 Å². The Kier molecular flexibility index (Phi) is 6.59. The van der Waals surface area contributed by atoms with Gasteiger partial charge in [-0.05, 0) is 44.0 Å². The standard InChI is InChI=1S/C30H35N7/c1-32-16-17-36-18-20-37(21-19-36)26-13-12-25-29(34-26)35-28(22-6-3-2-4-7-22)27(33-25)23-8-10-24(11-9-23)30(31)14-5-15-30/h2-4,6-13,32H,5,14-21,31H2,1H3. The molecule has 37 heavy (non-hydrogen) atoms. The maximum absolute atomic E-state index is 6.57. The Labute approximate surface area is 218 Å². The van der Waals surface area contributed by atoms with E-state index in [4.69, 9.17) is 20.7 Å². The molecule has 3 heterocycles. The highest BCUT2D eigenvalue weighted by atomic mass is 15.3. The molecule has 1 aliphatic heterocycles. The Balaban J connectivity index is 1.34.